The zero-order valence-corrected chi connectivity index (χ0v) is 15.1. The largest absolute Gasteiger partial charge is 0.326 e. The molecule has 2 N–H and O–H groups in total. The molecular weight excluding hydrogens is 346 g/mol. The lowest BCUT2D eigenvalue weighted by atomic mass is 10.2. The molecule has 1 aromatic carbocycles. The second-order valence-corrected chi connectivity index (χ2v) is 8.64. The predicted molar refractivity (Wildman–Crippen MR) is 94.7 cm³/mol. The van der Waals surface area contributed by atoms with E-state index in [1.807, 2.05) is 36.5 Å². The van der Waals surface area contributed by atoms with Crippen molar-refractivity contribution in [1.82, 2.24) is 9.62 Å². The second kappa shape index (κ2) is 6.64. The lowest BCUT2D eigenvalue weighted by Crippen LogP contribution is -2.34. The van der Waals surface area contributed by atoms with Gasteiger partial charge >= 0.3 is 0 Å². The van der Waals surface area contributed by atoms with Crippen molar-refractivity contribution >= 4 is 33.0 Å². The molecule has 0 aliphatic carbocycles. The molecule has 0 fully saturated rings. The normalized spacial score (nSPS) is 15.4. The molecule has 2 aromatic rings. The Morgan fingerprint density at radius 2 is 2.12 bits per heavy atom. The lowest BCUT2D eigenvalue weighted by Gasteiger charge is -2.23. The van der Waals surface area contributed by atoms with Crippen molar-refractivity contribution in [3.63, 3.8) is 0 Å². The minimum atomic E-state index is -3.63. The van der Waals surface area contributed by atoms with Gasteiger partial charge in [0.1, 0.15) is 0 Å². The van der Waals surface area contributed by atoms with Crippen molar-refractivity contribution in [2.24, 2.45) is 0 Å². The smallest absolute Gasteiger partial charge is 0.240 e. The summed E-state index contributed by atoms with van der Waals surface area (Å²) in [4.78, 5) is 14.7. The van der Waals surface area contributed by atoms with Gasteiger partial charge in [0, 0.05) is 17.1 Å². The second-order valence-electron chi connectivity index (χ2n) is 5.89. The Bertz CT molecular complexity index is 845. The quantitative estimate of drug-likeness (QED) is 0.819. The molecule has 1 aromatic heterocycles. The summed E-state index contributed by atoms with van der Waals surface area (Å²) in [6, 6.07) is 8.63. The molecule has 1 aliphatic rings. The maximum absolute atomic E-state index is 12.6. The van der Waals surface area contributed by atoms with Gasteiger partial charge in [-0.15, -0.1) is 11.3 Å². The van der Waals surface area contributed by atoms with Crippen LogP contribution in [-0.4, -0.2) is 39.9 Å². The van der Waals surface area contributed by atoms with Crippen LogP contribution in [0.15, 0.2) is 40.6 Å². The molecule has 24 heavy (non-hydrogen) atoms. The third-order valence-corrected chi connectivity index (χ3v) is 6.37. The summed E-state index contributed by atoms with van der Waals surface area (Å²) < 4.78 is 27.8. The monoisotopic (exact) mass is 365 g/mol. The van der Waals surface area contributed by atoms with Gasteiger partial charge in [0.2, 0.25) is 15.9 Å². The fourth-order valence-electron chi connectivity index (χ4n) is 2.66. The number of likely N-dealkylation sites (N-methyl/N-ethyl adjacent to an activating group) is 1. The van der Waals surface area contributed by atoms with E-state index in [-0.39, 0.29) is 29.8 Å². The first-order chi connectivity index (χ1) is 11.4. The average molecular weight is 365 g/mol. The van der Waals surface area contributed by atoms with Crippen molar-refractivity contribution in [1.29, 1.82) is 0 Å². The van der Waals surface area contributed by atoms with Gasteiger partial charge in [-0.25, -0.2) is 13.1 Å². The van der Waals surface area contributed by atoms with Gasteiger partial charge in [0.15, 0.2) is 0 Å². The molecule has 3 rings (SSSR count). The minimum absolute atomic E-state index is 0.0301. The SMILES string of the molecule is CN(C)C(CNS(=O)(=O)c1ccc2c(c1)CC(=O)N2)c1cccs1. The summed E-state index contributed by atoms with van der Waals surface area (Å²) in [6.45, 7) is 0.282. The van der Waals surface area contributed by atoms with Crippen LogP contribution in [0.1, 0.15) is 16.5 Å². The highest BCUT2D eigenvalue weighted by molar-refractivity contribution is 7.89. The van der Waals surface area contributed by atoms with E-state index in [9.17, 15) is 13.2 Å². The Morgan fingerprint density at radius 3 is 2.79 bits per heavy atom. The number of amides is 1. The number of carbonyl (C=O) groups is 1. The van der Waals surface area contributed by atoms with Crippen LogP contribution in [-0.2, 0) is 21.2 Å². The Balaban J connectivity index is 1.77. The minimum Gasteiger partial charge on any atom is -0.326 e. The number of nitrogens with zero attached hydrogens (tertiary/aromatic N) is 1. The molecule has 0 spiro atoms. The molecule has 0 saturated carbocycles. The van der Waals surface area contributed by atoms with Crippen LogP contribution < -0.4 is 10.0 Å². The zero-order chi connectivity index (χ0) is 17.3. The van der Waals surface area contributed by atoms with E-state index in [1.165, 1.54) is 6.07 Å². The number of thiophene rings is 1. The van der Waals surface area contributed by atoms with Crippen molar-refractivity contribution in [2.75, 3.05) is 26.0 Å². The first-order valence-electron chi connectivity index (χ1n) is 7.49. The number of anilines is 1. The fourth-order valence-corrected chi connectivity index (χ4v) is 4.67. The number of hydrogen-bond acceptors (Lipinski definition) is 5. The third kappa shape index (κ3) is 3.51. The molecule has 2 heterocycles. The number of benzene rings is 1. The highest BCUT2D eigenvalue weighted by Gasteiger charge is 2.23. The van der Waals surface area contributed by atoms with E-state index in [2.05, 4.69) is 10.0 Å². The van der Waals surface area contributed by atoms with Crippen LogP contribution in [0.3, 0.4) is 0 Å². The number of rotatable bonds is 6. The van der Waals surface area contributed by atoms with E-state index >= 15 is 0 Å². The highest BCUT2D eigenvalue weighted by Crippen LogP contribution is 2.26. The van der Waals surface area contributed by atoms with Crippen molar-refractivity contribution in [2.45, 2.75) is 17.4 Å². The predicted octanol–water partition coefficient (Wildman–Crippen LogP) is 1.82. The van der Waals surface area contributed by atoms with Gasteiger partial charge in [0.05, 0.1) is 17.4 Å². The van der Waals surface area contributed by atoms with Gasteiger partial charge in [-0.05, 0) is 49.3 Å². The zero-order valence-electron chi connectivity index (χ0n) is 13.4. The standard InChI is InChI=1S/C16H19N3O3S2/c1-19(2)14(15-4-3-7-23-15)10-17-24(21,22)12-5-6-13-11(8-12)9-16(20)18-13/h3-8,14,17H,9-10H2,1-2H3,(H,18,20). The van der Waals surface area contributed by atoms with Crippen LogP contribution in [0.5, 0.6) is 0 Å². The summed E-state index contributed by atoms with van der Waals surface area (Å²) in [5, 5.41) is 4.68. The summed E-state index contributed by atoms with van der Waals surface area (Å²) >= 11 is 1.60. The van der Waals surface area contributed by atoms with Gasteiger partial charge in [0.25, 0.3) is 0 Å². The van der Waals surface area contributed by atoms with Crippen molar-refractivity contribution in [3.05, 3.63) is 46.2 Å². The molecule has 1 unspecified atom stereocenters. The molecule has 6 nitrogen and oxygen atoms in total. The Labute approximate surface area is 145 Å². The lowest BCUT2D eigenvalue weighted by molar-refractivity contribution is -0.115. The van der Waals surface area contributed by atoms with Crippen LogP contribution >= 0.6 is 11.3 Å². The van der Waals surface area contributed by atoms with Gasteiger partial charge < -0.3 is 10.2 Å². The molecule has 8 heteroatoms. The Morgan fingerprint density at radius 1 is 1.33 bits per heavy atom. The average Bonchev–Trinajstić information content (AvgIpc) is 3.14. The van der Waals surface area contributed by atoms with E-state index in [1.54, 1.807) is 23.5 Å². The number of sulfonamides is 1. The van der Waals surface area contributed by atoms with E-state index in [4.69, 9.17) is 0 Å². The van der Waals surface area contributed by atoms with Crippen molar-refractivity contribution < 1.29 is 13.2 Å². The van der Waals surface area contributed by atoms with Crippen LogP contribution in [0.4, 0.5) is 5.69 Å². The van der Waals surface area contributed by atoms with Gasteiger partial charge in [-0.2, -0.15) is 0 Å². The van der Waals surface area contributed by atoms with Crippen molar-refractivity contribution in [3.8, 4) is 0 Å². The maximum Gasteiger partial charge on any atom is 0.240 e. The first kappa shape index (κ1) is 17.1. The molecular formula is C16H19N3O3S2. The van der Waals surface area contributed by atoms with Gasteiger partial charge in [-0.1, -0.05) is 6.07 Å². The Kier molecular flexibility index (Phi) is 4.73. The Hall–Kier alpha value is -1.74. The van der Waals surface area contributed by atoms with E-state index < -0.39 is 10.0 Å². The number of fused-ring (bicyclic) bond motifs is 1. The number of nitrogens with one attached hydrogen (secondary N) is 2. The molecule has 0 saturated heterocycles. The van der Waals surface area contributed by atoms with Gasteiger partial charge in [-0.3, -0.25) is 4.79 Å². The first-order valence-corrected chi connectivity index (χ1v) is 9.85. The molecule has 0 radical (unpaired) electrons. The fraction of sp³-hybridized carbons (Fsp3) is 0.312. The van der Waals surface area contributed by atoms with E-state index in [0.29, 0.717) is 11.3 Å². The maximum atomic E-state index is 12.6. The molecule has 0 bridgehead atoms. The summed E-state index contributed by atoms with van der Waals surface area (Å²) in [5.74, 6) is -0.113. The molecule has 1 amide bonds. The van der Waals surface area contributed by atoms with Crippen LogP contribution in [0.2, 0.25) is 0 Å². The third-order valence-electron chi connectivity index (χ3n) is 3.97. The molecule has 128 valence electrons. The molecule has 1 aliphatic heterocycles. The summed E-state index contributed by atoms with van der Waals surface area (Å²) in [7, 11) is 0.214. The van der Waals surface area contributed by atoms with Crippen LogP contribution in [0.25, 0.3) is 0 Å². The topological polar surface area (TPSA) is 78.5 Å². The molecule has 1 atom stereocenters. The summed E-state index contributed by atoms with van der Waals surface area (Å²) in [6.07, 6.45) is 0.216. The summed E-state index contributed by atoms with van der Waals surface area (Å²) in [5.41, 5.74) is 1.40. The highest BCUT2D eigenvalue weighted by atomic mass is 32.2. The number of hydrogen-bond donors (Lipinski definition) is 2. The van der Waals surface area contributed by atoms with E-state index in [0.717, 1.165) is 4.88 Å². The number of carbonyl (C=O) groups excluding carboxylic acids is 1. The van der Waals surface area contributed by atoms with Crippen LogP contribution in [0, 0.1) is 0 Å².